The van der Waals surface area contributed by atoms with E-state index in [1.54, 1.807) is 30.3 Å². The minimum atomic E-state index is -1.40. The number of anilines is 1. The molecule has 0 unspecified atom stereocenters. The molecule has 0 radical (unpaired) electrons. The number of benzene rings is 2. The molecule has 1 aliphatic heterocycles. The molecule has 0 atom stereocenters. The summed E-state index contributed by atoms with van der Waals surface area (Å²) in [6.45, 7) is 0.318. The number of nitriles is 1. The van der Waals surface area contributed by atoms with Gasteiger partial charge in [0.2, 0.25) is 0 Å². The number of hydrogen-bond donors (Lipinski definition) is 1. The van der Waals surface area contributed by atoms with Gasteiger partial charge in [-0.25, -0.2) is 4.79 Å². The van der Waals surface area contributed by atoms with Crippen molar-refractivity contribution in [1.82, 2.24) is 0 Å². The standard InChI is InChI=1S/C18H12N2O3/c19-10-14(18(22)23)16-13-8-4-5-9-15(13)20(17(16)21)11-12-6-2-1-3-7-12/h1-9H,11H2,(H,22,23)/b16-14+. The Bertz CT molecular complexity index is 863. The van der Waals surface area contributed by atoms with Crippen LogP contribution in [0.25, 0.3) is 5.57 Å². The summed E-state index contributed by atoms with van der Waals surface area (Å²) in [5.41, 5.74) is 1.44. The Labute approximate surface area is 132 Å². The minimum absolute atomic E-state index is 0.0495. The van der Waals surface area contributed by atoms with Crippen molar-refractivity contribution in [1.29, 1.82) is 5.26 Å². The SMILES string of the molecule is N#C/C(C(=O)O)=C1\C(=O)N(Cc2ccccc2)c2ccccc21. The third-order valence-electron chi connectivity index (χ3n) is 3.68. The number of carbonyl (C=O) groups is 2. The highest BCUT2D eigenvalue weighted by Gasteiger charge is 2.36. The van der Waals surface area contributed by atoms with E-state index in [9.17, 15) is 14.7 Å². The number of para-hydroxylation sites is 1. The van der Waals surface area contributed by atoms with Gasteiger partial charge in [-0.05, 0) is 11.6 Å². The van der Waals surface area contributed by atoms with E-state index in [0.717, 1.165) is 5.56 Å². The Kier molecular flexibility index (Phi) is 3.65. The maximum absolute atomic E-state index is 12.7. The van der Waals surface area contributed by atoms with Crippen LogP contribution in [0.3, 0.4) is 0 Å². The van der Waals surface area contributed by atoms with Crippen LogP contribution in [0.5, 0.6) is 0 Å². The molecule has 112 valence electrons. The van der Waals surface area contributed by atoms with Crippen molar-refractivity contribution in [3.63, 3.8) is 0 Å². The largest absolute Gasteiger partial charge is 0.477 e. The van der Waals surface area contributed by atoms with Gasteiger partial charge in [0.25, 0.3) is 5.91 Å². The number of amides is 1. The fourth-order valence-corrected chi connectivity index (χ4v) is 2.66. The summed E-state index contributed by atoms with van der Waals surface area (Å²) < 4.78 is 0. The van der Waals surface area contributed by atoms with Gasteiger partial charge in [-0.3, -0.25) is 4.79 Å². The number of carbonyl (C=O) groups excluding carboxylic acids is 1. The van der Waals surface area contributed by atoms with E-state index in [4.69, 9.17) is 5.26 Å². The molecule has 2 aromatic carbocycles. The third-order valence-corrected chi connectivity index (χ3v) is 3.68. The van der Waals surface area contributed by atoms with E-state index in [2.05, 4.69) is 0 Å². The van der Waals surface area contributed by atoms with Crippen molar-refractivity contribution in [3.8, 4) is 6.07 Å². The molecule has 0 saturated carbocycles. The van der Waals surface area contributed by atoms with Crippen LogP contribution in [0, 0.1) is 11.3 Å². The summed E-state index contributed by atoms with van der Waals surface area (Å²) in [5, 5.41) is 18.3. The van der Waals surface area contributed by atoms with Crippen molar-refractivity contribution in [2.45, 2.75) is 6.54 Å². The van der Waals surface area contributed by atoms with Gasteiger partial charge < -0.3 is 10.0 Å². The van der Waals surface area contributed by atoms with E-state index < -0.39 is 17.4 Å². The van der Waals surface area contributed by atoms with Gasteiger partial charge >= 0.3 is 5.97 Å². The predicted molar refractivity (Wildman–Crippen MR) is 84.2 cm³/mol. The highest BCUT2D eigenvalue weighted by atomic mass is 16.4. The second-order valence-electron chi connectivity index (χ2n) is 5.06. The Hall–Kier alpha value is -3.39. The first kappa shape index (κ1) is 14.5. The summed E-state index contributed by atoms with van der Waals surface area (Å²) in [4.78, 5) is 25.5. The Balaban J connectivity index is 2.13. The van der Waals surface area contributed by atoms with Gasteiger partial charge in [-0.15, -0.1) is 0 Å². The molecule has 2 aromatic rings. The van der Waals surface area contributed by atoms with E-state index in [1.165, 1.54) is 4.90 Å². The summed E-state index contributed by atoms with van der Waals surface area (Å²) in [5.74, 6) is -1.86. The fourth-order valence-electron chi connectivity index (χ4n) is 2.66. The first-order valence-corrected chi connectivity index (χ1v) is 6.96. The molecule has 0 saturated heterocycles. The van der Waals surface area contributed by atoms with Crippen LogP contribution in [0.15, 0.2) is 60.2 Å². The third kappa shape index (κ3) is 2.47. The number of carboxylic acids is 1. The second-order valence-corrected chi connectivity index (χ2v) is 5.06. The van der Waals surface area contributed by atoms with Crippen LogP contribution in [-0.4, -0.2) is 17.0 Å². The van der Waals surface area contributed by atoms with E-state index in [1.807, 2.05) is 30.3 Å². The van der Waals surface area contributed by atoms with Crippen LogP contribution < -0.4 is 4.90 Å². The van der Waals surface area contributed by atoms with E-state index >= 15 is 0 Å². The predicted octanol–water partition coefficient (Wildman–Crippen LogP) is 2.60. The molecule has 23 heavy (non-hydrogen) atoms. The molecular weight excluding hydrogens is 292 g/mol. The molecule has 1 N–H and O–H groups in total. The lowest BCUT2D eigenvalue weighted by atomic mass is 10.0. The Morgan fingerprint density at radius 2 is 1.74 bits per heavy atom. The molecule has 5 heteroatoms. The normalized spacial score (nSPS) is 15.1. The van der Waals surface area contributed by atoms with Crippen LogP contribution in [-0.2, 0) is 16.1 Å². The Morgan fingerprint density at radius 3 is 2.39 bits per heavy atom. The smallest absolute Gasteiger partial charge is 0.347 e. The zero-order valence-electron chi connectivity index (χ0n) is 12.1. The topological polar surface area (TPSA) is 81.4 Å². The lowest BCUT2D eigenvalue weighted by Crippen LogP contribution is -2.26. The van der Waals surface area contributed by atoms with Crippen molar-refractivity contribution in [2.24, 2.45) is 0 Å². The van der Waals surface area contributed by atoms with Gasteiger partial charge in [-0.2, -0.15) is 5.26 Å². The lowest BCUT2D eigenvalue weighted by Gasteiger charge is -2.17. The van der Waals surface area contributed by atoms with Gasteiger partial charge in [0.15, 0.2) is 5.57 Å². The number of rotatable bonds is 3. The minimum Gasteiger partial charge on any atom is -0.477 e. The Morgan fingerprint density at radius 1 is 1.09 bits per heavy atom. The molecule has 0 aromatic heterocycles. The van der Waals surface area contributed by atoms with Crippen LogP contribution >= 0.6 is 0 Å². The highest BCUT2D eigenvalue weighted by Crippen LogP contribution is 2.39. The molecule has 5 nitrogen and oxygen atoms in total. The molecule has 0 aliphatic carbocycles. The number of fused-ring (bicyclic) bond motifs is 1. The number of nitrogens with zero attached hydrogens (tertiary/aromatic N) is 2. The number of hydrogen-bond acceptors (Lipinski definition) is 3. The number of carboxylic acid groups (broad SMARTS) is 1. The molecule has 0 fully saturated rings. The zero-order chi connectivity index (χ0) is 16.4. The second kappa shape index (κ2) is 5.78. The molecule has 1 aliphatic rings. The first-order chi connectivity index (χ1) is 11.1. The lowest BCUT2D eigenvalue weighted by molar-refractivity contribution is -0.132. The average molecular weight is 304 g/mol. The maximum atomic E-state index is 12.7. The van der Waals surface area contributed by atoms with Crippen molar-refractivity contribution in [2.75, 3.05) is 4.90 Å². The molecule has 3 rings (SSSR count). The van der Waals surface area contributed by atoms with Crippen LogP contribution in [0.4, 0.5) is 5.69 Å². The van der Waals surface area contributed by atoms with Gasteiger partial charge in [0, 0.05) is 5.56 Å². The zero-order valence-corrected chi connectivity index (χ0v) is 12.1. The van der Waals surface area contributed by atoms with E-state index in [0.29, 0.717) is 17.8 Å². The van der Waals surface area contributed by atoms with Gasteiger partial charge in [-0.1, -0.05) is 48.5 Å². The van der Waals surface area contributed by atoms with Crippen LogP contribution in [0.2, 0.25) is 0 Å². The van der Waals surface area contributed by atoms with Crippen molar-refractivity contribution >= 4 is 23.1 Å². The first-order valence-electron chi connectivity index (χ1n) is 6.96. The van der Waals surface area contributed by atoms with Crippen molar-refractivity contribution < 1.29 is 14.7 Å². The molecule has 1 amide bonds. The monoisotopic (exact) mass is 304 g/mol. The highest BCUT2D eigenvalue weighted by molar-refractivity contribution is 6.36. The summed E-state index contributed by atoms with van der Waals surface area (Å²) in [6.07, 6.45) is 0. The number of aliphatic carboxylic acids is 1. The quantitative estimate of drug-likeness (QED) is 0.698. The van der Waals surface area contributed by atoms with Gasteiger partial charge in [0.05, 0.1) is 17.8 Å². The summed E-state index contributed by atoms with van der Waals surface area (Å²) >= 11 is 0. The molecule has 0 spiro atoms. The molecular formula is C18H12N2O3. The fraction of sp³-hybridized carbons (Fsp3) is 0.0556. The van der Waals surface area contributed by atoms with Gasteiger partial charge in [0.1, 0.15) is 6.07 Å². The maximum Gasteiger partial charge on any atom is 0.347 e. The van der Waals surface area contributed by atoms with Crippen molar-refractivity contribution in [3.05, 3.63) is 71.3 Å². The van der Waals surface area contributed by atoms with E-state index in [-0.39, 0.29) is 5.57 Å². The average Bonchev–Trinajstić information content (AvgIpc) is 2.83. The molecule has 1 heterocycles. The summed E-state index contributed by atoms with van der Waals surface area (Å²) in [6, 6.07) is 17.9. The summed E-state index contributed by atoms with van der Waals surface area (Å²) in [7, 11) is 0. The molecule has 0 bridgehead atoms. The van der Waals surface area contributed by atoms with Crippen LogP contribution in [0.1, 0.15) is 11.1 Å².